The quantitative estimate of drug-likeness (QED) is 0.461. The summed E-state index contributed by atoms with van der Waals surface area (Å²) in [6, 6.07) is 0. The fourth-order valence-electron chi connectivity index (χ4n) is 3.12. The molecule has 3 atom stereocenters. The first kappa shape index (κ1) is 21.6. The number of rotatable bonds is 8. The molecule has 1 rings (SSSR count). The van der Waals surface area contributed by atoms with E-state index in [1.807, 2.05) is 27.7 Å². The normalized spacial score (nSPS) is 25.0. The van der Waals surface area contributed by atoms with E-state index in [4.69, 9.17) is 0 Å². The minimum atomic E-state index is -2.11. The molecular formula is C20H32O5. The van der Waals surface area contributed by atoms with Gasteiger partial charge in [0.1, 0.15) is 11.3 Å². The number of Topliss-reactive ketones (excluding diaryl/α,β-unsaturated/α-hetero) is 2. The van der Waals surface area contributed by atoms with Crippen molar-refractivity contribution in [2.45, 2.75) is 72.5 Å². The molecule has 0 aliphatic heterocycles. The molecule has 1 aliphatic rings. The van der Waals surface area contributed by atoms with Crippen LogP contribution in [-0.4, -0.2) is 38.6 Å². The van der Waals surface area contributed by atoms with E-state index in [9.17, 15) is 24.9 Å². The highest BCUT2D eigenvalue weighted by molar-refractivity contribution is 6.24. The first-order valence-electron chi connectivity index (χ1n) is 9.00. The lowest BCUT2D eigenvalue weighted by Crippen LogP contribution is -2.49. The molecule has 0 radical (unpaired) electrons. The van der Waals surface area contributed by atoms with Gasteiger partial charge < -0.3 is 15.3 Å². The molecule has 0 saturated carbocycles. The molecule has 5 heteroatoms. The van der Waals surface area contributed by atoms with Crippen molar-refractivity contribution in [2.24, 2.45) is 17.8 Å². The number of ketones is 2. The first-order valence-corrected chi connectivity index (χ1v) is 9.00. The molecule has 1 aliphatic carbocycles. The number of aliphatic hydroxyl groups is 3. The molecule has 25 heavy (non-hydrogen) atoms. The van der Waals surface area contributed by atoms with Gasteiger partial charge in [0.2, 0.25) is 0 Å². The minimum Gasteiger partial charge on any atom is -0.508 e. The lowest BCUT2D eigenvalue weighted by atomic mass is 9.79. The summed E-state index contributed by atoms with van der Waals surface area (Å²) in [5.41, 5.74) is -1.51. The standard InChI is InChI=1S/C20H32O5/c1-11(2)7-9-14-18(23)16(17(22)13(5)6)19(24)20(14,25)15(21)10-8-12(3)4/h7,12-15,21,24-25H,8-10H2,1-6H3/t14-,15?,20+/m1/s1. The fourth-order valence-corrected chi connectivity index (χ4v) is 3.12. The predicted molar refractivity (Wildman–Crippen MR) is 97.1 cm³/mol. The number of carbonyl (C=O) groups excluding carboxylic acids is 2. The minimum absolute atomic E-state index is 0.162. The van der Waals surface area contributed by atoms with Crippen LogP contribution in [0.4, 0.5) is 0 Å². The lowest BCUT2D eigenvalue weighted by Gasteiger charge is -2.34. The van der Waals surface area contributed by atoms with Gasteiger partial charge in [-0.3, -0.25) is 9.59 Å². The molecule has 1 unspecified atom stereocenters. The van der Waals surface area contributed by atoms with Gasteiger partial charge in [0.25, 0.3) is 0 Å². The Balaban J connectivity index is 3.34. The molecule has 0 aromatic rings. The van der Waals surface area contributed by atoms with Crippen LogP contribution in [0.15, 0.2) is 23.0 Å². The molecular weight excluding hydrogens is 320 g/mol. The van der Waals surface area contributed by atoms with Gasteiger partial charge in [-0.1, -0.05) is 39.3 Å². The zero-order valence-corrected chi connectivity index (χ0v) is 16.2. The molecule has 0 aromatic carbocycles. The van der Waals surface area contributed by atoms with Gasteiger partial charge in [0.15, 0.2) is 17.2 Å². The monoisotopic (exact) mass is 352 g/mol. The zero-order chi connectivity index (χ0) is 19.5. The third-order valence-electron chi connectivity index (χ3n) is 4.77. The number of allylic oxidation sites excluding steroid dienone is 3. The van der Waals surface area contributed by atoms with E-state index in [1.54, 1.807) is 19.9 Å². The van der Waals surface area contributed by atoms with Crippen LogP contribution in [0.3, 0.4) is 0 Å². The Labute approximate surface area is 150 Å². The van der Waals surface area contributed by atoms with Gasteiger partial charge >= 0.3 is 0 Å². The molecule has 5 nitrogen and oxygen atoms in total. The van der Waals surface area contributed by atoms with E-state index in [2.05, 4.69) is 0 Å². The van der Waals surface area contributed by atoms with Crippen molar-refractivity contribution in [1.82, 2.24) is 0 Å². The Morgan fingerprint density at radius 1 is 1.20 bits per heavy atom. The van der Waals surface area contributed by atoms with E-state index < -0.39 is 40.9 Å². The molecule has 0 spiro atoms. The fraction of sp³-hybridized carbons (Fsp3) is 0.700. The average molecular weight is 352 g/mol. The number of hydrogen-bond acceptors (Lipinski definition) is 5. The van der Waals surface area contributed by atoms with Crippen LogP contribution in [0.5, 0.6) is 0 Å². The van der Waals surface area contributed by atoms with Gasteiger partial charge in [-0.15, -0.1) is 0 Å². The van der Waals surface area contributed by atoms with E-state index in [0.717, 1.165) is 5.57 Å². The van der Waals surface area contributed by atoms with Gasteiger partial charge in [0, 0.05) is 5.92 Å². The van der Waals surface area contributed by atoms with Crippen LogP contribution in [0.1, 0.15) is 60.8 Å². The highest BCUT2D eigenvalue weighted by atomic mass is 16.4. The average Bonchev–Trinajstić information content (AvgIpc) is 2.69. The molecule has 0 bridgehead atoms. The zero-order valence-electron chi connectivity index (χ0n) is 16.2. The van der Waals surface area contributed by atoms with Crippen molar-refractivity contribution in [3.8, 4) is 0 Å². The molecule has 0 saturated heterocycles. The molecule has 0 heterocycles. The van der Waals surface area contributed by atoms with Crippen molar-refractivity contribution >= 4 is 11.6 Å². The SMILES string of the molecule is CC(C)=CC[C@@H]1C(=O)C(C(=O)C(C)C)=C(O)[C@@]1(O)C(O)CCC(C)C. The summed E-state index contributed by atoms with van der Waals surface area (Å²) in [6.07, 6.45) is 1.49. The van der Waals surface area contributed by atoms with Crippen molar-refractivity contribution in [2.75, 3.05) is 0 Å². The second-order valence-electron chi connectivity index (χ2n) is 7.99. The lowest BCUT2D eigenvalue weighted by molar-refractivity contribution is -0.136. The van der Waals surface area contributed by atoms with Crippen molar-refractivity contribution in [3.05, 3.63) is 23.0 Å². The summed E-state index contributed by atoms with van der Waals surface area (Å²) < 4.78 is 0. The summed E-state index contributed by atoms with van der Waals surface area (Å²) in [7, 11) is 0. The summed E-state index contributed by atoms with van der Waals surface area (Å²) in [5.74, 6) is -2.99. The highest BCUT2D eigenvalue weighted by Crippen LogP contribution is 2.43. The van der Waals surface area contributed by atoms with Gasteiger partial charge in [-0.2, -0.15) is 0 Å². The molecule has 0 fully saturated rings. The van der Waals surface area contributed by atoms with Crippen LogP contribution in [0, 0.1) is 17.8 Å². The summed E-state index contributed by atoms with van der Waals surface area (Å²) in [5, 5.41) is 32.3. The Morgan fingerprint density at radius 3 is 2.20 bits per heavy atom. The number of carbonyl (C=O) groups is 2. The van der Waals surface area contributed by atoms with Gasteiger partial charge in [-0.05, 0) is 39.0 Å². The maximum absolute atomic E-state index is 12.8. The van der Waals surface area contributed by atoms with E-state index in [1.165, 1.54) is 0 Å². The third-order valence-corrected chi connectivity index (χ3v) is 4.77. The Kier molecular flexibility index (Phi) is 7.15. The van der Waals surface area contributed by atoms with Crippen LogP contribution < -0.4 is 0 Å². The Bertz CT molecular complexity index is 581. The number of aliphatic hydroxyl groups excluding tert-OH is 2. The topological polar surface area (TPSA) is 94.8 Å². The van der Waals surface area contributed by atoms with Crippen LogP contribution in [-0.2, 0) is 9.59 Å². The smallest absolute Gasteiger partial charge is 0.176 e. The Morgan fingerprint density at radius 2 is 1.76 bits per heavy atom. The van der Waals surface area contributed by atoms with E-state index >= 15 is 0 Å². The van der Waals surface area contributed by atoms with Gasteiger partial charge in [-0.25, -0.2) is 0 Å². The molecule has 0 aromatic heterocycles. The second kappa shape index (κ2) is 8.28. The van der Waals surface area contributed by atoms with Crippen LogP contribution >= 0.6 is 0 Å². The maximum atomic E-state index is 12.8. The highest BCUT2D eigenvalue weighted by Gasteiger charge is 2.58. The van der Waals surface area contributed by atoms with Gasteiger partial charge in [0.05, 0.1) is 12.0 Å². The van der Waals surface area contributed by atoms with Crippen molar-refractivity contribution in [3.63, 3.8) is 0 Å². The maximum Gasteiger partial charge on any atom is 0.176 e. The molecule has 3 N–H and O–H groups in total. The van der Waals surface area contributed by atoms with Crippen molar-refractivity contribution < 1.29 is 24.9 Å². The van der Waals surface area contributed by atoms with Crippen LogP contribution in [0.25, 0.3) is 0 Å². The van der Waals surface area contributed by atoms with Crippen LogP contribution in [0.2, 0.25) is 0 Å². The second-order valence-corrected chi connectivity index (χ2v) is 7.99. The summed E-state index contributed by atoms with van der Waals surface area (Å²) in [6.45, 7) is 11.0. The third kappa shape index (κ3) is 4.39. The summed E-state index contributed by atoms with van der Waals surface area (Å²) >= 11 is 0. The summed E-state index contributed by atoms with van der Waals surface area (Å²) in [4.78, 5) is 25.2. The van der Waals surface area contributed by atoms with Crippen molar-refractivity contribution in [1.29, 1.82) is 0 Å². The molecule has 0 amide bonds. The Hall–Kier alpha value is -1.46. The largest absolute Gasteiger partial charge is 0.508 e. The first-order chi connectivity index (χ1) is 11.4. The van der Waals surface area contributed by atoms with E-state index in [0.29, 0.717) is 12.3 Å². The van der Waals surface area contributed by atoms with E-state index in [-0.39, 0.29) is 18.4 Å². The molecule has 142 valence electrons. The number of hydrogen-bond donors (Lipinski definition) is 3. The predicted octanol–water partition coefficient (Wildman–Crippen LogP) is 3.11.